The summed E-state index contributed by atoms with van der Waals surface area (Å²) in [5.74, 6) is -3.02. The first kappa shape index (κ1) is 41.8. The van der Waals surface area contributed by atoms with Gasteiger partial charge in [-0.15, -0.1) is 0 Å². The summed E-state index contributed by atoms with van der Waals surface area (Å²) in [4.78, 5) is 52.4. The summed E-state index contributed by atoms with van der Waals surface area (Å²) in [7, 11) is 0. The Labute approximate surface area is 335 Å². The summed E-state index contributed by atoms with van der Waals surface area (Å²) < 4.78 is 6.19. The number of carbonyl (C=O) groups is 4. The number of carbonyl (C=O) groups excluding carboxylic acids is 1. The second kappa shape index (κ2) is 20.6. The van der Waals surface area contributed by atoms with Gasteiger partial charge < -0.3 is 40.9 Å². The van der Waals surface area contributed by atoms with Gasteiger partial charge in [-0.25, -0.2) is 0 Å². The first-order valence-electron chi connectivity index (χ1n) is 20.6. The normalized spacial score (nSPS) is 20.8. The lowest BCUT2D eigenvalue weighted by atomic mass is 9.86. The molecule has 0 bridgehead atoms. The Bertz CT molecular complexity index is 1820. The third kappa shape index (κ3) is 12.1. The van der Waals surface area contributed by atoms with Crippen LogP contribution in [0.15, 0.2) is 72.8 Å². The lowest BCUT2D eigenvalue weighted by Crippen LogP contribution is -2.37. The molecule has 0 radical (unpaired) electrons. The van der Waals surface area contributed by atoms with Crippen LogP contribution in [0.1, 0.15) is 47.1 Å². The molecular weight excluding hydrogens is 725 g/mol. The fraction of sp³-hybridized carbons (Fsp3) is 0.511. The molecule has 0 saturated carbocycles. The van der Waals surface area contributed by atoms with Crippen molar-refractivity contribution in [3.8, 4) is 5.75 Å². The molecule has 6 atom stereocenters. The number of hydrogen-bond donors (Lipinski definition) is 6. The first-order valence-corrected chi connectivity index (χ1v) is 20.6. The maximum atomic E-state index is 14.1. The highest BCUT2D eigenvalue weighted by atomic mass is 16.5. The number of rotatable bonds is 21. The quantitative estimate of drug-likeness (QED) is 0.0923. The number of carboxylic acids is 3. The van der Waals surface area contributed by atoms with E-state index in [4.69, 9.17) is 4.74 Å². The van der Waals surface area contributed by atoms with E-state index < -0.39 is 35.7 Å². The van der Waals surface area contributed by atoms with Crippen molar-refractivity contribution in [3.63, 3.8) is 0 Å². The summed E-state index contributed by atoms with van der Waals surface area (Å²) >= 11 is 0. The zero-order chi connectivity index (χ0) is 40.1. The van der Waals surface area contributed by atoms with E-state index in [1.165, 1.54) is 0 Å². The molecule has 3 saturated heterocycles. The Morgan fingerprint density at radius 2 is 1.04 bits per heavy atom. The highest BCUT2D eigenvalue weighted by molar-refractivity contribution is 5.79. The SMILES string of the molecule is O=C(O)C(Cc1cccc(CCN(CCOc2cccc(CC(C(=O)O)C3CCNC3)c2)C(=O)Cc2cccc(CC(C(=O)O)C3CCNC3)c2)c1)C1CCNC1. The Hall–Kier alpha value is -4.78. The summed E-state index contributed by atoms with van der Waals surface area (Å²) in [6, 6.07) is 23.2. The average Bonchev–Trinajstić information content (AvgIpc) is 4.02. The minimum absolute atomic E-state index is 0.0698. The van der Waals surface area contributed by atoms with Crippen LogP contribution in [0.3, 0.4) is 0 Å². The fourth-order valence-corrected chi connectivity index (χ4v) is 8.92. The maximum absolute atomic E-state index is 14.1. The molecule has 0 spiro atoms. The van der Waals surface area contributed by atoms with Gasteiger partial charge >= 0.3 is 17.9 Å². The number of ether oxygens (including phenoxy) is 1. The number of hydrogen-bond acceptors (Lipinski definition) is 8. The molecule has 306 valence electrons. The van der Waals surface area contributed by atoms with E-state index >= 15 is 0 Å². The van der Waals surface area contributed by atoms with Crippen molar-refractivity contribution in [2.24, 2.45) is 35.5 Å². The number of carboxylic acid groups (broad SMARTS) is 3. The molecule has 0 aliphatic carbocycles. The summed E-state index contributed by atoms with van der Waals surface area (Å²) in [5, 5.41) is 39.8. The zero-order valence-corrected chi connectivity index (χ0v) is 32.7. The summed E-state index contributed by atoms with van der Waals surface area (Å²) in [6.45, 7) is 5.57. The summed E-state index contributed by atoms with van der Waals surface area (Å²) in [6.07, 6.45) is 4.51. The van der Waals surface area contributed by atoms with E-state index in [0.29, 0.717) is 64.2 Å². The van der Waals surface area contributed by atoms with Crippen molar-refractivity contribution in [2.75, 3.05) is 59.0 Å². The first-order chi connectivity index (χ1) is 27.6. The van der Waals surface area contributed by atoms with Gasteiger partial charge in [-0.05, 0) is 142 Å². The highest BCUT2D eigenvalue weighted by Crippen LogP contribution is 2.27. The van der Waals surface area contributed by atoms with Crippen molar-refractivity contribution in [1.82, 2.24) is 20.9 Å². The number of amides is 1. The molecule has 12 heteroatoms. The van der Waals surface area contributed by atoms with Crippen LogP contribution in [-0.2, 0) is 51.3 Å². The van der Waals surface area contributed by atoms with Gasteiger partial charge in [0, 0.05) is 6.54 Å². The Morgan fingerprint density at radius 3 is 1.51 bits per heavy atom. The second-order valence-electron chi connectivity index (χ2n) is 16.1. The molecule has 3 aliphatic heterocycles. The van der Waals surface area contributed by atoms with Crippen LogP contribution >= 0.6 is 0 Å². The van der Waals surface area contributed by atoms with Gasteiger partial charge in [0.1, 0.15) is 12.4 Å². The number of aliphatic carboxylic acids is 3. The number of nitrogens with zero attached hydrogens (tertiary/aromatic N) is 1. The molecule has 1 amide bonds. The van der Waals surface area contributed by atoms with Crippen molar-refractivity contribution in [1.29, 1.82) is 0 Å². The van der Waals surface area contributed by atoms with Gasteiger partial charge in [0.2, 0.25) is 5.91 Å². The third-order valence-electron chi connectivity index (χ3n) is 12.2. The Balaban J connectivity index is 1.13. The van der Waals surface area contributed by atoms with Crippen molar-refractivity contribution in [3.05, 3.63) is 101 Å². The summed E-state index contributed by atoms with van der Waals surface area (Å²) in [5.41, 5.74) is 4.59. The molecule has 3 aromatic rings. The van der Waals surface area contributed by atoms with Crippen LogP contribution in [0.5, 0.6) is 5.75 Å². The van der Waals surface area contributed by atoms with E-state index in [2.05, 4.69) is 22.0 Å². The molecule has 6 N–H and O–H groups in total. The van der Waals surface area contributed by atoms with E-state index in [-0.39, 0.29) is 36.7 Å². The molecule has 6 unspecified atom stereocenters. The van der Waals surface area contributed by atoms with Crippen molar-refractivity contribution >= 4 is 23.8 Å². The number of benzene rings is 3. The largest absolute Gasteiger partial charge is 0.492 e. The average molecular weight is 783 g/mol. The number of nitrogens with one attached hydrogen (secondary N) is 3. The monoisotopic (exact) mass is 782 g/mol. The topological polar surface area (TPSA) is 178 Å². The minimum atomic E-state index is -0.798. The lowest BCUT2D eigenvalue weighted by molar-refractivity contribution is -0.144. The molecule has 3 aromatic carbocycles. The second-order valence-corrected chi connectivity index (χ2v) is 16.1. The fourth-order valence-electron chi connectivity index (χ4n) is 8.92. The molecule has 6 rings (SSSR count). The molecule has 3 fully saturated rings. The molecule has 12 nitrogen and oxygen atoms in total. The van der Waals surface area contributed by atoms with E-state index in [9.17, 15) is 34.5 Å². The standard InChI is InChI=1S/C45H58N4O8/c50-42(26-33-7-2-6-32(21-33)24-40(44(53)54)36-11-15-47-28-36)49(17-13-30-4-1-5-31(20-30)23-39(43(51)52)35-10-14-46-27-35)18-19-57-38-9-3-8-34(22-38)25-41(45(55)56)37-12-16-48-29-37/h1-9,20-22,35-37,39-41,46-48H,10-19,23-29H2,(H,51,52)(H,53,54)(H,55,56). The third-order valence-corrected chi connectivity index (χ3v) is 12.2. The van der Waals surface area contributed by atoms with Gasteiger partial charge in [-0.1, -0.05) is 60.7 Å². The van der Waals surface area contributed by atoms with Gasteiger partial charge in [0.05, 0.1) is 30.7 Å². The van der Waals surface area contributed by atoms with Gasteiger partial charge in [0.15, 0.2) is 0 Å². The van der Waals surface area contributed by atoms with Crippen molar-refractivity contribution < 1.29 is 39.2 Å². The van der Waals surface area contributed by atoms with Gasteiger partial charge in [-0.3, -0.25) is 19.2 Å². The molecule has 57 heavy (non-hydrogen) atoms. The van der Waals surface area contributed by atoms with Crippen LogP contribution < -0.4 is 20.7 Å². The predicted molar refractivity (Wildman–Crippen MR) is 216 cm³/mol. The van der Waals surface area contributed by atoms with Crippen LogP contribution in [0.4, 0.5) is 0 Å². The van der Waals surface area contributed by atoms with E-state index in [1.54, 1.807) is 4.90 Å². The molecule has 0 aromatic heterocycles. The smallest absolute Gasteiger partial charge is 0.307 e. The van der Waals surface area contributed by atoms with Crippen LogP contribution in [0.2, 0.25) is 0 Å². The minimum Gasteiger partial charge on any atom is -0.492 e. The highest BCUT2D eigenvalue weighted by Gasteiger charge is 2.33. The molecular formula is C45H58N4O8. The van der Waals surface area contributed by atoms with Crippen molar-refractivity contribution in [2.45, 2.75) is 51.4 Å². The van der Waals surface area contributed by atoms with Crippen LogP contribution in [0.25, 0.3) is 0 Å². The van der Waals surface area contributed by atoms with E-state index in [0.717, 1.165) is 66.7 Å². The molecule has 3 aliphatic rings. The Morgan fingerprint density at radius 1 is 0.596 bits per heavy atom. The Kier molecular flexibility index (Phi) is 15.1. The predicted octanol–water partition coefficient (Wildman–Crippen LogP) is 3.94. The maximum Gasteiger partial charge on any atom is 0.307 e. The zero-order valence-electron chi connectivity index (χ0n) is 32.7. The lowest BCUT2D eigenvalue weighted by Gasteiger charge is -2.24. The van der Waals surface area contributed by atoms with E-state index in [1.807, 2.05) is 66.7 Å². The van der Waals surface area contributed by atoms with Crippen LogP contribution in [-0.4, -0.2) is 103 Å². The van der Waals surface area contributed by atoms with Gasteiger partial charge in [0.25, 0.3) is 0 Å². The van der Waals surface area contributed by atoms with Gasteiger partial charge in [-0.2, -0.15) is 0 Å². The molecule has 3 heterocycles. The van der Waals surface area contributed by atoms with Crippen LogP contribution in [0, 0.1) is 35.5 Å².